The average molecular weight is 210 g/mol. The van der Waals surface area contributed by atoms with Gasteiger partial charge in [0, 0.05) is 32.2 Å². The molecule has 0 aromatic carbocycles. The second-order valence-corrected chi connectivity index (χ2v) is 6.25. The molecule has 1 aliphatic heterocycles. The number of piperazine rings is 1. The third kappa shape index (κ3) is 2.54. The van der Waals surface area contributed by atoms with Crippen LogP contribution in [0.15, 0.2) is 0 Å². The minimum Gasteiger partial charge on any atom is -0.301 e. The lowest BCUT2D eigenvalue weighted by atomic mass is 9.90. The molecule has 2 heteroatoms. The van der Waals surface area contributed by atoms with Gasteiger partial charge in [-0.2, -0.15) is 0 Å². The predicted molar refractivity (Wildman–Crippen MR) is 65.0 cm³/mol. The molecule has 0 bridgehead atoms. The SMILES string of the molecule is CCN1CCN(C2CC2C(C)(C)C)CC1. The highest BCUT2D eigenvalue weighted by atomic mass is 15.3. The Balaban J connectivity index is 1.79. The van der Waals surface area contributed by atoms with E-state index in [4.69, 9.17) is 0 Å². The quantitative estimate of drug-likeness (QED) is 0.688. The molecular formula is C13H26N2. The molecular weight excluding hydrogens is 184 g/mol. The van der Waals surface area contributed by atoms with E-state index in [2.05, 4.69) is 37.5 Å². The van der Waals surface area contributed by atoms with Gasteiger partial charge in [0.1, 0.15) is 0 Å². The Kier molecular flexibility index (Phi) is 3.09. The highest BCUT2D eigenvalue weighted by Crippen LogP contribution is 2.48. The topological polar surface area (TPSA) is 6.48 Å². The first kappa shape index (κ1) is 11.4. The van der Waals surface area contributed by atoms with Crippen molar-refractivity contribution in [2.45, 2.75) is 40.2 Å². The normalized spacial score (nSPS) is 34.4. The number of hydrogen-bond acceptors (Lipinski definition) is 2. The summed E-state index contributed by atoms with van der Waals surface area (Å²) >= 11 is 0. The van der Waals surface area contributed by atoms with Crippen LogP contribution in [0.4, 0.5) is 0 Å². The highest BCUT2D eigenvalue weighted by Gasteiger charge is 2.48. The van der Waals surface area contributed by atoms with Crippen molar-refractivity contribution in [3.05, 3.63) is 0 Å². The van der Waals surface area contributed by atoms with Crippen LogP contribution in [-0.2, 0) is 0 Å². The summed E-state index contributed by atoms with van der Waals surface area (Å²) in [5.41, 5.74) is 0.520. The highest BCUT2D eigenvalue weighted by molar-refractivity contribution is 5.01. The summed E-state index contributed by atoms with van der Waals surface area (Å²) in [5.74, 6) is 0.950. The number of hydrogen-bond donors (Lipinski definition) is 0. The fraction of sp³-hybridized carbons (Fsp3) is 1.00. The Morgan fingerprint density at radius 2 is 1.67 bits per heavy atom. The summed E-state index contributed by atoms with van der Waals surface area (Å²) in [5, 5.41) is 0. The zero-order valence-corrected chi connectivity index (χ0v) is 10.8. The van der Waals surface area contributed by atoms with Crippen LogP contribution in [-0.4, -0.2) is 48.6 Å². The Morgan fingerprint density at radius 1 is 1.07 bits per heavy atom. The first-order chi connectivity index (χ1) is 7.02. The summed E-state index contributed by atoms with van der Waals surface area (Å²) in [6.07, 6.45) is 1.44. The predicted octanol–water partition coefficient (Wildman–Crippen LogP) is 2.06. The van der Waals surface area contributed by atoms with Crippen LogP contribution in [0.2, 0.25) is 0 Å². The van der Waals surface area contributed by atoms with Gasteiger partial charge in [-0.1, -0.05) is 27.7 Å². The lowest BCUT2D eigenvalue weighted by molar-refractivity contribution is 0.118. The van der Waals surface area contributed by atoms with Crippen molar-refractivity contribution in [3.63, 3.8) is 0 Å². The molecule has 2 atom stereocenters. The molecule has 1 saturated carbocycles. The first-order valence-corrected chi connectivity index (χ1v) is 6.48. The molecule has 0 aromatic heterocycles. The number of likely N-dealkylation sites (N-methyl/N-ethyl adjacent to an activating group) is 1. The zero-order chi connectivity index (χ0) is 11.1. The van der Waals surface area contributed by atoms with Crippen molar-refractivity contribution in [3.8, 4) is 0 Å². The van der Waals surface area contributed by atoms with E-state index < -0.39 is 0 Å². The summed E-state index contributed by atoms with van der Waals surface area (Å²) < 4.78 is 0. The van der Waals surface area contributed by atoms with E-state index in [-0.39, 0.29) is 0 Å². The third-order valence-electron chi connectivity index (χ3n) is 4.19. The van der Waals surface area contributed by atoms with Crippen LogP contribution in [0.1, 0.15) is 34.1 Å². The Morgan fingerprint density at radius 3 is 2.07 bits per heavy atom. The van der Waals surface area contributed by atoms with Crippen LogP contribution >= 0.6 is 0 Å². The van der Waals surface area contributed by atoms with Crippen molar-refractivity contribution in [1.82, 2.24) is 9.80 Å². The van der Waals surface area contributed by atoms with Crippen molar-refractivity contribution in [2.24, 2.45) is 11.3 Å². The molecule has 0 N–H and O–H groups in total. The van der Waals surface area contributed by atoms with Gasteiger partial charge in [0.25, 0.3) is 0 Å². The maximum absolute atomic E-state index is 2.72. The van der Waals surface area contributed by atoms with E-state index >= 15 is 0 Å². The van der Waals surface area contributed by atoms with E-state index in [1.807, 2.05) is 0 Å². The van der Waals surface area contributed by atoms with Crippen LogP contribution < -0.4 is 0 Å². The molecule has 1 aliphatic carbocycles. The van der Waals surface area contributed by atoms with Crippen molar-refractivity contribution >= 4 is 0 Å². The largest absolute Gasteiger partial charge is 0.301 e. The molecule has 1 saturated heterocycles. The maximum atomic E-state index is 2.72. The molecule has 2 rings (SSSR count). The summed E-state index contributed by atoms with van der Waals surface area (Å²) in [4.78, 5) is 5.28. The number of rotatable bonds is 2. The molecule has 0 spiro atoms. The van der Waals surface area contributed by atoms with Crippen LogP contribution in [0, 0.1) is 11.3 Å². The van der Waals surface area contributed by atoms with Crippen LogP contribution in [0.25, 0.3) is 0 Å². The van der Waals surface area contributed by atoms with Crippen LogP contribution in [0.5, 0.6) is 0 Å². The first-order valence-electron chi connectivity index (χ1n) is 6.48. The van der Waals surface area contributed by atoms with Gasteiger partial charge in [-0.3, -0.25) is 4.90 Å². The zero-order valence-electron chi connectivity index (χ0n) is 10.8. The average Bonchev–Trinajstić information content (AvgIpc) is 2.97. The molecule has 0 amide bonds. The van der Waals surface area contributed by atoms with E-state index in [0.29, 0.717) is 5.41 Å². The van der Waals surface area contributed by atoms with Gasteiger partial charge >= 0.3 is 0 Å². The molecule has 15 heavy (non-hydrogen) atoms. The lowest BCUT2D eigenvalue weighted by Crippen LogP contribution is -2.47. The summed E-state index contributed by atoms with van der Waals surface area (Å²) in [6, 6.07) is 0.906. The molecule has 88 valence electrons. The van der Waals surface area contributed by atoms with Crippen molar-refractivity contribution in [2.75, 3.05) is 32.7 Å². The summed E-state index contributed by atoms with van der Waals surface area (Å²) in [6.45, 7) is 15.8. The van der Waals surface area contributed by atoms with E-state index in [9.17, 15) is 0 Å². The van der Waals surface area contributed by atoms with Crippen molar-refractivity contribution in [1.29, 1.82) is 0 Å². The third-order valence-corrected chi connectivity index (χ3v) is 4.19. The molecule has 2 nitrogen and oxygen atoms in total. The molecule has 1 heterocycles. The van der Waals surface area contributed by atoms with Gasteiger partial charge in [-0.15, -0.1) is 0 Å². The van der Waals surface area contributed by atoms with Gasteiger partial charge in [-0.25, -0.2) is 0 Å². The summed E-state index contributed by atoms with van der Waals surface area (Å²) in [7, 11) is 0. The molecule has 2 fully saturated rings. The Labute approximate surface area is 94.6 Å². The second-order valence-electron chi connectivity index (χ2n) is 6.25. The minimum atomic E-state index is 0.520. The Bertz CT molecular complexity index is 211. The molecule has 0 aromatic rings. The number of nitrogens with zero attached hydrogens (tertiary/aromatic N) is 2. The molecule has 2 unspecified atom stereocenters. The Hall–Kier alpha value is -0.0800. The lowest BCUT2D eigenvalue weighted by Gasteiger charge is -2.35. The van der Waals surface area contributed by atoms with Gasteiger partial charge in [0.15, 0.2) is 0 Å². The van der Waals surface area contributed by atoms with Gasteiger partial charge in [0.05, 0.1) is 0 Å². The fourth-order valence-corrected chi connectivity index (χ4v) is 2.93. The monoisotopic (exact) mass is 210 g/mol. The standard InChI is InChI=1S/C13H26N2/c1-5-14-6-8-15(9-7-14)12-10-11(12)13(2,3)4/h11-12H,5-10H2,1-4H3. The minimum absolute atomic E-state index is 0.520. The van der Waals surface area contributed by atoms with E-state index in [0.717, 1.165) is 12.0 Å². The van der Waals surface area contributed by atoms with Crippen molar-refractivity contribution < 1.29 is 0 Å². The van der Waals surface area contributed by atoms with E-state index in [1.54, 1.807) is 0 Å². The molecule has 2 aliphatic rings. The van der Waals surface area contributed by atoms with Gasteiger partial charge in [0.2, 0.25) is 0 Å². The van der Waals surface area contributed by atoms with Gasteiger partial charge < -0.3 is 4.90 Å². The van der Waals surface area contributed by atoms with Gasteiger partial charge in [-0.05, 0) is 24.3 Å². The van der Waals surface area contributed by atoms with E-state index in [1.165, 1.54) is 39.1 Å². The molecule has 0 radical (unpaired) electrons. The van der Waals surface area contributed by atoms with Crippen LogP contribution in [0.3, 0.4) is 0 Å². The maximum Gasteiger partial charge on any atom is 0.0134 e. The second kappa shape index (κ2) is 4.06. The smallest absolute Gasteiger partial charge is 0.0134 e. The fourth-order valence-electron chi connectivity index (χ4n) is 2.93.